The summed E-state index contributed by atoms with van der Waals surface area (Å²) in [5, 5.41) is 9.57. The molecule has 0 aliphatic carbocycles. The van der Waals surface area contributed by atoms with Crippen LogP contribution in [0.4, 0.5) is 0 Å². The van der Waals surface area contributed by atoms with Crippen LogP contribution in [0.2, 0.25) is 0 Å². The second kappa shape index (κ2) is 6.38. The van der Waals surface area contributed by atoms with Crippen molar-refractivity contribution in [3.05, 3.63) is 95.1 Å². The minimum Gasteiger partial charge on any atom is -0.508 e. The van der Waals surface area contributed by atoms with Gasteiger partial charge >= 0.3 is 0 Å². The predicted octanol–water partition coefficient (Wildman–Crippen LogP) is 4.59. The molecule has 3 nitrogen and oxygen atoms in total. The first-order valence-electron chi connectivity index (χ1n) is 8.00. The van der Waals surface area contributed by atoms with Gasteiger partial charge < -0.3 is 14.6 Å². The molecule has 0 bridgehead atoms. The van der Waals surface area contributed by atoms with Gasteiger partial charge in [0.15, 0.2) is 0 Å². The van der Waals surface area contributed by atoms with Gasteiger partial charge in [0.25, 0.3) is 0 Å². The van der Waals surface area contributed by atoms with E-state index in [2.05, 4.69) is 0 Å². The van der Waals surface area contributed by atoms with Crippen LogP contribution < -0.4 is 4.74 Å². The Labute approximate surface area is 141 Å². The minimum atomic E-state index is -0.0798. The third-order valence-electron chi connectivity index (χ3n) is 4.25. The molecule has 0 saturated carbocycles. The van der Waals surface area contributed by atoms with Crippen molar-refractivity contribution in [1.82, 2.24) is 0 Å². The quantitative estimate of drug-likeness (QED) is 0.764. The number of fused-ring (bicyclic) bond motifs is 1. The summed E-state index contributed by atoms with van der Waals surface area (Å²) in [6.45, 7) is 1.09. The van der Waals surface area contributed by atoms with Gasteiger partial charge in [0.05, 0.1) is 6.61 Å². The van der Waals surface area contributed by atoms with E-state index in [0.29, 0.717) is 13.2 Å². The van der Waals surface area contributed by atoms with E-state index in [0.717, 1.165) is 28.0 Å². The lowest BCUT2D eigenvalue weighted by Gasteiger charge is -2.13. The van der Waals surface area contributed by atoms with E-state index in [1.54, 1.807) is 12.1 Å². The molecule has 0 saturated heterocycles. The Morgan fingerprint density at radius 3 is 2.54 bits per heavy atom. The normalized spacial score (nSPS) is 15.9. The lowest BCUT2D eigenvalue weighted by atomic mass is 9.99. The van der Waals surface area contributed by atoms with Gasteiger partial charge in [-0.1, -0.05) is 48.5 Å². The summed E-state index contributed by atoms with van der Waals surface area (Å²) in [5.74, 6) is 1.12. The number of phenolic OH excluding ortho intramolecular Hbond substituents is 1. The Morgan fingerprint density at radius 1 is 0.958 bits per heavy atom. The molecule has 0 amide bonds. The zero-order chi connectivity index (χ0) is 16.4. The summed E-state index contributed by atoms with van der Waals surface area (Å²) in [6.07, 6.45) is -0.0798. The zero-order valence-electron chi connectivity index (χ0n) is 13.2. The summed E-state index contributed by atoms with van der Waals surface area (Å²) in [5.41, 5.74) is 4.40. The third-order valence-corrected chi connectivity index (χ3v) is 4.25. The standard InChI is InChI=1S/C21H18O3/c22-18-8-11-20-17(12-18)14-24-21(20)16-6-9-19(10-7-16)23-13-15-4-2-1-3-5-15/h1-12,21-22H,13-14H2. The summed E-state index contributed by atoms with van der Waals surface area (Å²) in [4.78, 5) is 0. The van der Waals surface area contributed by atoms with Crippen LogP contribution in [-0.2, 0) is 18.0 Å². The van der Waals surface area contributed by atoms with E-state index in [-0.39, 0.29) is 11.9 Å². The van der Waals surface area contributed by atoms with Crippen LogP contribution in [0, 0.1) is 0 Å². The van der Waals surface area contributed by atoms with Crippen LogP contribution in [0.5, 0.6) is 11.5 Å². The first kappa shape index (κ1) is 14.8. The van der Waals surface area contributed by atoms with Crippen molar-refractivity contribution in [3.63, 3.8) is 0 Å². The Kier molecular flexibility index (Phi) is 3.93. The van der Waals surface area contributed by atoms with Crippen molar-refractivity contribution in [2.45, 2.75) is 19.3 Å². The van der Waals surface area contributed by atoms with Crippen LogP contribution in [0.15, 0.2) is 72.8 Å². The molecule has 0 radical (unpaired) electrons. The maximum absolute atomic E-state index is 9.57. The molecule has 24 heavy (non-hydrogen) atoms. The molecule has 1 N–H and O–H groups in total. The molecular weight excluding hydrogens is 300 g/mol. The molecule has 3 aromatic rings. The summed E-state index contributed by atoms with van der Waals surface area (Å²) >= 11 is 0. The van der Waals surface area contributed by atoms with Gasteiger partial charge in [-0.25, -0.2) is 0 Å². The second-order valence-electron chi connectivity index (χ2n) is 5.92. The average molecular weight is 318 g/mol. The Balaban J connectivity index is 1.47. The largest absolute Gasteiger partial charge is 0.508 e. The number of rotatable bonds is 4. The Morgan fingerprint density at radius 2 is 1.75 bits per heavy atom. The van der Waals surface area contributed by atoms with E-state index < -0.39 is 0 Å². The number of phenols is 1. The fourth-order valence-electron chi connectivity index (χ4n) is 2.99. The van der Waals surface area contributed by atoms with Crippen molar-refractivity contribution in [3.8, 4) is 11.5 Å². The van der Waals surface area contributed by atoms with Crippen LogP contribution in [-0.4, -0.2) is 5.11 Å². The maximum Gasteiger partial charge on any atom is 0.119 e. The van der Waals surface area contributed by atoms with Crippen molar-refractivity contribution in [1.29, 1.82) is 0 Å². The fraction of sp³-hybridized carbons (Fsp3) is 0.143. The van der Waals surface area contributed by atoms with Gasteiger partial charge in [-0.05, 0) is 46.5 Å². The van der Waals surface area contributed by atoms with E-state index >= 15 is 0 Å². The smallest absolute Gasteiger partial charge is 0.119 e. The molecule has 1 aliphatic heterocycles. The van der Waals surface area contributed by atoms with Gasteiger partial charge in [0.1, 0.15) is 24.2 Å². The van der Waals surface area contributed by atoms with Crippen LogP contribution in [0.1, 0.15) is 28.4 Å². The highest BCUT2D eigenvalue weighted by molar-refractivity contribution is 5.43. The molecule has 1 heterocycles. The molecule has 0 fully saturated rings. The van der Waals surface area contributed by atoms with E-state index in [1.807, 2.05) is 60.7 Å². The van der Waals surface area contributed by atoms with Gasteiger partial charge in [-0.2, -0.15) is 0 Å². The van der Waals surface area contributed by atoms with Crippen LogP contribution in [0.3, 0.4) is 0 Å². The Hall–Kier alpha value is -2.78. The van der Waals surface area contributed by atoms with E-state index in [1.165, 1.54) is 0 Å². The first-order valence-corrected chi connectivity index (χ1v) is 8.00. The monoisotopic (exact) mass is 318 g/mol. The lowest BCUT2D eigenvalue weighted by molar-refractivity contribution is 0.0938. The maximum atomic E-state index is 9.57. The fourth-order valence-corrected chi connectivity index (χ4v) is 2.99. The van der Waals surface area contributed by atoms with Crippen LogP contribution >= 0.6 is 0 Å². The Bertz CT molecular complexity index is 825. The lowest BCUT2D eigenvalue weighted by Crippen LogP contribution is -1.99. The minimum absolute atomic E-state index is 0.0798. The van der Waals surface area contributed by atoms with E-state index in [9.17, 15) is 5.11 Å². The number of hydrogen-bond donors (Lipinski definition) is 1. The second-order valence-corrected chi connectivity index (χ2v) is 5.92. The average Bonchev–Trinajstić information content (AvgIpc) is 3.04. The van der Waals surface area contributed by atoms with Gasteiger partial charge in [0.2, 0.25) is 0 Å². The summed E-state index contributed by atoms with van der Waals surface area (Å²) in [6, 6.07) is 23.5. The van der Waals surface area contributed by atoms with Crippen molar-refractivity contribution in [2.24, 2.45) is 0 Å². The SMILES string of the molecule is Oc1ccc2c(c1)COC2c1ccc(OCc2ccccc2)cc1. The molecule has 1 atom stereocenters. The predicted molar refractivity (Wildman–Crippen MR) is 92.0 cm³/mol. The van der Waals surface area contributed by atoms with Gasteiger partial charge in [0, 0.05) is 0 Å². The highest BCUT2D eigenvalue weighted by Gasteiger charge is 2.24. The molecule has 3 aromatic carbocycles. The summed E-state index contributed by atoms with van der Waals surface area (Å²) < 4.78 is 11.7. The topological polar surface area (TPSA) is 38.7 Å². The molecule has 120 valence electrons. The highest BCUT2D eigenvalue weighted by atomic mass is 16.5. The van der Waals surface area contributed by atoms with E-state index in [4.69, 9.17) is 9.47 Å². The first-order chi connectivity index (χ1) is 11.8. The van der Waals surface area contributed by atoms with Crippen molar-refractivity contribution >= 4 is 0 Å². The molecule has 0 aromatic heterocycles. The van der Waals surface area contributed by atoms with Gasteiger partial charge in [-0.3, -0.25) is 0 Å². The summed E-state index contributed by atoms with van der Waals surface area (Å²) in [7, 11) is 0. The number of benzene rings is 3. The molecule has 4 rings (SSSR count). The molecule has 1 unspecified atom stereocenters. The molecule has 0 spiro atoms. The highest BCUT2D eigenvalue weighted by Crippen LogP contribution is 2.37. The van der Waals surface area contributed by atoms with Crippen LogP contribution in [0.25, 0.3) is 0 Å². The van der Waals surface area contributed by atoms with Crippen molar-refractivity contribution in [2.75, 3.05) is 0 Å². The molecular formula is C21H18O3. The number of ether oxygens (including phenoxy) is 2. The number of hydrogen-bond acceptors (Lipinski definition) is 3. The third kappa shape index (κ3) is 2.99. The zero-order valence-corrected chi connectivity index (χ0v) is 13.2. The van der Waals surface area contributed by atoms with Gasteiger partial charge in [-0.15, -0.1) is 0 Å². The molecule has 3 heteroatoms. The molecule has 1 aliphatic rings. The van der Waals surface area contributed by atoms with Crippen molar-refractivity contribution < 1.29 is 14.6 Å². The number of aromatic hydroxyl groups is 1.